The molecular formula is C31H40N4O5. The van der Waals surface area contributed by atoms with Gasteiger partial charge in [0.15, 0.2) is 0 Å². The van der Waals surface area contributed by atoms with Crippen LogP contribution in [0.2, 0.25) is 0 Å². The monoisotopic (exact) mass is 548 g/mol. The first-order valence-electron chi connectivity index (χ1n) is 14.7. The number of benzene rings is 1. The van der Waals surface area contributed by atoms with Crippen LogP contribution in [-0.2, 0) is 27.3 Å². The second-order valence-electron chi connectivity index (χ2n) is 11.4. The van der Waals surface area contributed by atoms with E-state index in [1.165, 1.54) is 10.5 Å². The third kappa shape index (κ3) is 6.74. The summed E-state index contributed by atoms with van der Waals surface area (Å²) in [5.74, 6) is 0.260. The van der Waals surface area contributed by atoms with E-state index in [0.717, 1.165) is 57.8 Å². The fourth-order valence-electron chi connectivity index (χ4n) is 6.51. The van der Waals surface area contributed by atoms with Gasteiger partial charge >= 0.3 is 6.03 Å². The van der Waals surface area contributed by atoms with E-state index in [4.69, 9.17) is 4.42 Å². The molecule has 40 heavy (non-hydrogen) atoms. The highest BCUT2D eigenvalue weighted by Gasteiger charge is 2.48. The van der Waals surface area contributed by atoms with Crippen molar-refractivity contribution in [2.45, 2.75) is 70.4 Å². The number of rotatable bonds is 10. The average molecular weight is 549 g/mol. The zero-order valence-electron chi connectivity index (χ0n) is 23.1. The number of carbonyl (C=O) groups is 4. The van der Waals surface area contributed by atoms with Gasteiger partial charge in [-0.1, -0.05) is 43.2 Å². The van der Waals surface area contributed by atoms with Crippen LogP contribution in [0.3, 0.4) is 0 Å². The van der Waals surface area contributed by atoms with Gasteiger partial charge in [0, 0.05) is 25.0 Å². The van der Waals surface area contributed by atoms with Crippen molar-refractivity contribution in [1.82, 2.24) is 20.4 Å². The maximum absolute atomic E-state index is 13.6. The van der Waals surface area contributed by atoms with Gasteiger partial charge < -0.3 is 20.0 Å². The molecular weight excluding hydrogens is 508 g/mol. The SMILES string of the molecule is O=C(CN1C(=O)N(CC2CCC(C(=O)NCCc3ccccc3)CC2)C(=O)C2CCCCC21)NCc1ccco1. The van der Waals surface area contributed by atoms with Crippen LogP contribution in [0.25, 0.3) is 0 Å². The Labute approximate surface area is 235 Å². The second-order valence-corrected chi connectivity index (χ2v) is 11.4. The minimum atomic E-state index is -0.359. The molecule has 1 aromatic carbocycles. The first-order chi connectivity index (χ1) is 19.5. The smallest absolute Gasteiger partial charge is 0.327 e. The molecule has 5 rings (SSSR count). The second kappa shape index (κ2) is 13.2. The quantitative estimate of drug-likeness (QED) is 0.468. The molecule has 0 spiro atoms. The van der Waals surface area contributed by atoms with Gasteiger partial charge in [0.25, 0.3) is 0 Å². The predicted molar refractivity (Wildman–Crippen MR) is 149 cm³/mol. The lowest BCUT2D eigenvalue weighted by atomic mass is 9.79. The third-order valence-corrected chi connectivity index (χ3v) is 8.76. The normalized spacial score (nSPS) is 24.9. The summed E-state index contributed by atoms with van der Waals surface area (Å²) < 4.78 is 5.28. The maximum Gasteiger partial charge on any atom is 0.327 e. The van der Waals surface area contributed by atoms with Crippen molar-refractivity contribution in [3.63, 3.8) is 0 Å². The Bertz CT molecular complexity index is 1160. The highest BCUT2D eigenvalue weighted by Crippen LogP contribution is 2.36. The van der Waals surface area contributed by atoms with Crippen molar-refractivity contribution < 1.29 is 23.6 Å². The lowest BCUT2D eigenvalue weighted by molar-refractivity contribution is -0.143. The number of furan rings is 1. The Morgan fingerprint density at radius 2 is 1.68 bits per heavy atom. The maximum atomic E-state index is 13.6. The molecule has 0 bridgehead atoms. The van der Waals surface area contributed by atoms with Crippen LogP contribution >= 0.6 is 0 Å². The van der Waals surface area contributed by atoms with Crippen molar-refractivity contribution in [1.29, 1.82) is 0 Å². The Morgan fingerprint density at radius 1 is 0.900 bits per heavy atom. The van der Waals surface area contributed by atoms with Gasteiger partial charge in [-0.15, -0.1) is 0 Å². The number of nitrogens with zero attached hydrogens (tertiary/aromatic N) is 2. The Hall–Kier alpha value is -3.62. The van der Waals surface area contributed by atoms with Crippen LogP contribution in [0.15, 0.2) is 53.1 Å². The topological polar surface area (TPSA) is 112 Å². The van der Waals surface area contributed by atoms with E-state index in [0.29, 0.717) is 18.8 Å². The number of imide groups is 1. The molecule has 3 fully saturated rings. The van der Waals surface area contributed by atoms with Crippen molar-refractivity contribution >= 4 is 23.8 Å². The van der Waals surface area contributed by atoms with Gasteiger partial charge in [0.2, 0.25) is 17.7 Å². The van der Waals surface area contributed by atoms with Crippen molar-refractivity contribution in [2.75, 3.05) is 19.6 Å². The van der Waals surface area contributed by atoms with Crippen LogP contribution in [-0.4, -0.2) is 59.2 Å². The number of urea groups is 1. The van der Waals surface area contributed by atoms with E-state index < -0.39 is 0 Å². The molecule has 2 atom stereocenters. The van der Waals surface area contributed by atoms with E-state index in [2.05, 4.69) is 22.8 Å². The molecule has 2 heterocycles. The molecule has 2 aliphatic carbocycles. The average Bonchev–Trinajstić information content (AvgIpc) is 3.51. The summed E-state index contributed by atoms with van der Waals surface area (Å²) in [5.41, 5.74) is 1.20. The summed E-state index contributed by atoms with van der Waals surface area (Å²) in [6, 6.07) is 13.1. The number of carbonyl (C=O) groups excluding carboxylic acids is 4. The number of hydrogen-bond donors (Lipinski definition) is 2. The molecule has 1 aliphatic heterocycles. The lowest BCUT2D eigenvalue weighted by Gasteiger charge is -2.47. The fourth-order valence-corrected chi connectivity index (χ4v) is 6.51. The molecule has 0 radical (unpaired) electrons. The van der Waals surface area contributed by atoms with E-state index in [1.54, 1.807) is 23.3 Å². The van der Waals surface area contributed by atoms with Gasteiger partial charge in [0.1, 0.15) is 12.3 Å². The van der Waals surface area contributed by atoms with Gasteiger partial charge in [-0.25, -0.2) is 4.79 Å². The largest absolute Gasteiger partial charge is 0.467 e. The first kappa shape index (κ1) is 27.9. The highest BCUT2D eigenvalue weighted by atomic mass is 16.3. The fraction of sp³-hybridized carbons (Fsp3) is 0.548. The van der Waals surface area contributed by atoms with E-state index >= 15 is 0 Å². The van der Waals surface area contributed by atoms with Crippen LogP contribution in [0.1, 0.15) is 62.7 Å². The van der Waals surface area contributed by atoms with Crippen molar-refractivity contribution in [3.05, 3.63) is 60.1 Å². The molecule has 2 unspecified atom stereocenters. The summed E-state index contributed by atoms with van der Waals surface area (Å²) in [7, 11) is 0. The van der Waals surface area contributed by atoms with Gasteiger partial charge in [-0.05, 0) is 68.6 Å². The number of fused-ring (bicyclic) bond motifs is 1. The molecule has 9 heteroatoms. The summed E-state index contributed by atoms with van der Waals surface area (Å²) in [4.78, 5) is 55.6. The highest BCUT2D eigenvalue weighted by molar-refractivity contribution is 6.00. The molecule has 3 aliphatic rings. The Kier molecular flexibility index (Phi) is 9.19. The Balaban J connectivity index is 1.13. The standard InChI is InChI=1S/C31H40N4O5/c36-28(33-19-25-9-6-18-40-25)21-34-27-11-5-4-10-26(27)30(38)35(31(34)39)20-23-12-14-24(15-13-23)29(37)32-17-16-22-7-2-1-3-8-22/h1-3,6-9,18,23-24,26-27H,4-5,10-17,19-21H2,(H,32,37)(H,33,36). The molecule has 2 saturated carbocycles. The molecule has 2 N–H and O–H groups in total. The third-order valence-electron chi connectivity index (χ3n) is 8.76. The first-order valence-corrected chi connectivity index (χ1v) is 14.7. The molecule has 2 aromatic rings. The van der Waals surface area contributed by atoms with Gasteiger partial charge in [0.05, 0.1) is 18.7 Å². The molecule has 5 amide bonds. The summed E-state index contributed by atoms with van der Waals surface area (Å²) in [6.07, 6.45) is 8.85. The van der Waals surface area contributed by atoms with Gasteiger partial charge in [-0.2, -0.15) is 0 Å². The summed E-state index contributed by atoms with van der Waals surface area (Å²) in [5, 5.41) is 5.90. The van der Waals surface area contributed by atoms with Crippen LogP contribution in [0.5, 0.6) is 0 Å². The molecule has 9 nitrogen and oxygen atoms in total. The van der Waals surface area contributed by atoms with E-state index in [-0.39, 0.29) is 60.6 Å². The Morgan fingerprint density at radius 3 is 2.42 bits per heavy atom. The predicted octanol–water partition coefficient (Wildman–Crippen LogP) is 3.88. The summed E-state index contributed by atoms with van der Waals surface area (Å²) in [6.45, 7) is 1.16. The lowest BCUT2D eigenvalue weighted by Crippen LogP contribution is -2.64. The zero-order valence-corrected chi connectivity index (χ0v) is 23.1. The number of nitrogens with one attached hydrogen (secondary N) is 2. The molecule has 1 saturated heterocycles. The van der Waals surface area contributed by atoms with Crippen molar-refractivity contribution in [2.24, 2.45) is 17.8 Å². The minimum absolute atomic E-state index is 0.0307. The van der Waals surface area contributed by atoms with Crippen LogP contribution in [0.4, 0.5) is 4.79 Å². The molecule has 1 aromatic heterocycles. The summed E-state index contributed by atoms with van der Waals surface area (Å²) >= 11 is 0. The number of hydrogen-bond acceptors (Lipinski definition) is 5. The zero-order chi connectivity index (χ0) is 27.9. The van der Waals surface area contributed by atoms with Crippen LogP contribution < -0.4 is 10.6 Å². The minimum Gasteiger partial charge on any atom is -0.467 e. The van der Waals surface area contributed by atoms with E-state index in [9.17, 15) is 19.2 Å². The van der Waals surface area contributed by atoms with Crippen molar-refractivity contribution in [3.8, 4) is 0 Å². The van der Waals surface area contributed by atoms with E-state index in [1.807, 2.05) is 18.2 Å². The molecule has 214 valence electrons. The number of amides is 5. The van der Waals surface area contributed by atoms with Crippen LogP contribution in [0, 0.1) is 17.8 Å². The van der Waals surface area contributed by atoms with Gasteiger partial charge in [-0.3, -0.25) is 19.3 Å².